The normalized spacial score (nSPS) is 12.5. The van der Waals surface area contributed by atoms with E-state index in [4.69, 9.17) is 11.6 Å². The minimum absolute atomic E-state index is 0.318. The number of hydrogen-bond acceptors (Lipinski definition) is 3. The highest BCUT2D eigenvalue weighted by Crippen LogP contribution is 2.27. The van der Waals surface area contributed by atoms with Gasteiger partial charge in [0.05, 0.1) is 11.9 Å². The molecular formula is C20H25ClN2O3S. The number of nitrogens with one attached hydrogen (secondary N) is 1. The Morgan fingerprint density at radius 2 is 1.85 bits per heavy atom. The first-order chi connectivity index (χ1) is 12.7. The molecule has 0 aliphatic heterocycles. The van der Waals surface area contributed by atoms with Crippen molar-refractivity contribution in [1.82, 2.24) is 0 Å². The van der Waals surface area contributed by atoms with Gasteiger partial charge in [-0.15, -0.1) is 0 Å². The van der Waals surface area contributed by atoms with E-state index in [1.807, 2.05) is 32.0 Å². The zero-order valence-corrected chi connectivity index (χ0v) is 17.6. The molecular weight excluding hydrogens is 384 g/mol. The van der Waals surface area contributed by atoms with E-state index < -0.39 is 16.1 Å². The van der Waals surface area contributed by atoms with Gasteiger partial charge in [-0.25, -0.2) is 8.42 Å². The Bertz CT molecular complexity index is 929. The second kappa shape index (κ2) is 8.76. The summed E-state index contributed by atoms with van der Waals surface area (Å²) in [5.74, 6) is -0.369. The van der Waals surface area contributed by atoms with E-state index in [2.05, 4.69) is 5.32 Å². The molecule has 0 radical (unpaired) electrons. The number of amides is 1. The van der Waals surface area contributed by atoms with Crippen LogP contribution in [0.2, 0.25) is 5.02 Å². The van der Waals surface area contributed by atoms with Crippen molar-refractivity contribution in [3.05, 3.63) is 58.6 Å². The molecule has 2 aromatic rings. The average molecular weight is 409 g/mol. The Balaban J connectivity index is 2.44. The lowest BCUT2D eigenvalue weighted by Gasteiger charge is -2.30. The van der Waals surface area contributed by atoms with Crippen LogP contribution in [-0.2, 0) is 21.2 Å². The summed E-state index contributed by atoms with van der Waals surface area (Å²) in [4.78, 5) is 13.1. The Hall–Kier alpha value is -2.05. The molecule has 146 valence electrons. The largest absolute Gasteiger partial charge is 0.324 e. The maximum absolute atomic E-state index is 13.1. The van der Waals surface area contributed by atoms with Crippen molar-refractivity contribution in [3.8, 4) is 0 Å². The average Bonchev–Trinajstić information content (AvgIpc) is 2.59. The van der Waals surface area contributed by atoms with E-state index in [1.54, 1.807) is 31.2 Å². The smallest absolute Gasteiger partial charge is 0.248 e. The van der Waals surface area contributed by atoms with Crippen molar-refractivity contribution in [2.24, 2.45) is 0 Å². The number of nitrogens with zero attached hydrogens (tertiary/aromatic N) is 1. The molecule has 2 aromatic carbocycles. The molecule has 0 fully saturated rings. The fraction of sp³-hybridized carbons (Fsp3) is 0.350. The zero-order valence-electron chi connectivity index (χ0n) is 16.0. The van der Waals surface area contributed by atoms with E-state index in [9.17, 15) is 13.2 Å². The number of hydrogen-bond donors (Lipinski definition) is 1. The lowest BCUT2D eigenvalue weighted by molar-refractivity contribution is -0.117. The monoisotopic (exact) mass is 408 g/mol. The van der Waals surface area contributed by atoms with E-state index >= 15 is 0 Å². The number of para-hydroxylation sites is 1. The molecule has 0 aliphatic rings. The predicted octanol–water partition coefficient (Wildman–Crippen LogP) is 4.39. The van der Waals surface area contributed by atoms with Gasteiger partial charge in [0.1, 0.15) is 6.04 Å². The first-order valence-electron chi connectivity index (χ1n) is 8.83. The molecule has 2 rings (SSSR count). The topological polar surface area (TPSA) is 66.5 Å². The molecule has 7 heteroatoms. The number of rotatable bonds is 7. The van der Waals surface area contributed by atoms with E-state index in [0.717, 1.165) is 33.8 Å². The van der Waals surface area contributed by atoms with E-state index in [0.29, 0.717) is 17.1 Å². The van der Waals surface area contributed by atoms with Crippen molar-refractivity contribution >= 4 is 38.9 Å². The predicted molar refractivity (Wildman–Crippen MR) is 112 cm³/mol. The third kappa shape index (κ3) is 5.02. The Kier molecular flexibility index (Phi) is 6.89. The molecule has 0 heterocycles. The van der Waals surface area contributed by atoms with Gasteiger partial charge >= 0.3 is 0 Å². The van der Waals surface area contributed by atoms with Gasteiger partial charge in [-0.05, 0) is 49.1 Å². The molecule has 27 heavy (non-hydrogen) atoms. The van der Waals surface area contributed by atoms with Crippen LogP contribution in [0.4, 0.5) is 11.4 Å². The van der Waals surface area contributed by atoms with Crippen molar-refractivity contribution in [1.29, 1.82) is 0 Å². The highest BCUT2D eigenvalue weighted by atomic mass is 35.5. The molecule has 1 N–H and O–H groups in total. The molecule has 5 nitrogen and oxygen atoms in total. The van der Waals surface area contributed by atoms with Crippen LogP contribution < -0.4 is 9.62 Å². The summed E-state index contributed by atoms with van der Waals surface area (Å²) in [6.45, 7) is 5.71. The minimum Gasteiger partial charge on any atom is -0.324 e. The number of carbonyl (C=O) groups excluding carboxylic acids is 1. The van der Waals surface area contributed by atoms with Gasteiger partial charge in [0, 0.05) is 10.7 Å². The van der Waals surface area contributed by atoms with Crippen LogP contribution in [0.1, 0.15) is 31.4 Å². The van der Waals surface area contributed by atoms with Crippen LogP contribution in [0.25, 0.3) is 0 Å². The summed E-state index contributed by atoms with van der Waals surface area (Å²) in [6.07, 6.45) is 2.17. The number of sulfonamides is 1. The summed E-state index contributed by atoms with van der Waals surface area (Å²) in [5, 5.41) is 3.35. The first kappa shape index (κ1) is 21.3. The maximum atomic E-state index is 13.1. The molecule has 0 aliphatic carbocycles. The summed E-state index contributed by atoms with van der Waals surface area (Å²) in [5.41, 5.74) is 3.05. The Morgan fingerprint density at radius 1 is 1.19 bits per heavy atom. The second-order valence-corrected chi connectivity index (χ2v) is 8.71. The fourth-order valence-corrected chi connectivity index (χ4v) is 4.47. The number of halogens is 1. The fourth-order valence-electron chi connectivity index (χ4n) is 3.08. The second-order valence-electron chi connectivity index (χ2n) is 6.41. The molecule has 0 saturated heterocycles. The highest BCUT2D eigenvalue weighted by molar-refractivity contribution is 7.92. The lowest BCUT2D eigenvalue weighted by atomic mass is 10.0. The number of benzene rings is 2. The van der Waals surface area contributed by atoms with Crippen LogP contribution >= 0.6 is 11.6 Å². The van der Waals surface area contributed by atoms with Gasteiger partial charge in [0.2, 0.25) is 15.9 Å². The van der Waals surface area contributed by atoms with Crippen LogP contribution in [0.3, 0.4) is 0 Å². The van der Waals surface area contributed by atoms with Crippen molar-refractivity contribution in [2.75, 3.05) is 15.9 Å². The number of anilines is 2. The van der Waals surface area contributed by atoms with E-state index in [1.165, 1.54) is 0 Å². The summed E-state index contributed by atoms with van der Waals surface area (Å²) >= 11 is 6.03. The first-order valence-corrected chi connectivity index (χ1v) is 11.1. The van der Waals surface area contributed by atoms with Crippen LogP contribution in [0.15, 0.2) is 42.5 Å². The van der Waals surface area contributed by atoms with Gasteiger partial charge in [0.15, 0.2) is 0 Å². The van der Waals surface area contributed by atoms with Gasteiger partial charge in [-0.3, -0.25) is 9.10 Å². The zero-order chi connectivity index (χ0) is 20.2. The third-order valence-electron chi connectivity index (χ3n) is 4.38. The van der Waals surface area contributed by atoms with Gasteiger partial charge in [-0.2, -0.15) is 0 Å². The Morgan fingerprint density at radius 3 is 2.41 bits per heavy atom. The molecule has 0 bridgehead atoms. The van der Waals surface area contributed by atoms with Gasteiger partial charge < -0.3 is 5.32 Å². The summed E-state index contributed by atoms with van der Waals surface area (Å²) < 4.78 is 26.1. The quantitative estimate of drug-likeness (QED) is 0.738. The maximum Gasteiger partial charge on any atom is 0.248 e. The van der Waals surface area contributed by atoms with Crippen molar-refractivity contribution < 1.29 is 13.2 Å². The molecule has 0 unspecified atom stereocenters. The van der Waals surface area contributed by atoms with Crippen LogP contribution in [-0.4, -0.2) is 26.6 Å². The molecule has 1 atom stereocenters. The summed E-state index contributed by atoms with van der Waals surface area (Å²) in [7, 11) is -3.70. The highest BCUT2D eigenvalue weighted by Gasteiger charge is 2.32. The number of aryl methyl sites for hydroxylation is 2. The van der Waals surface area contributed by atoms with E-state index in [-0.39, 0.29) is 5.91 Å². The van der Waals surface area contributed by atoms with Crippen LogP contribution in [0.5, 0.6) is 0 Å². The number of carbonyl (C=O) groups is 1. The lowest BCUT2D eigenvalue weighted by Crippen LogP contribution is -2.47. The molecule has 0 aromatic heterocycles. The van der Waals surface area contributed by atoms with Crippen molar-refractivity contribution in [2.45, 2.75) is 39.7 Å². The van der Waals surface area contributed by atoms with Crippen molar-refractivity contribution in [3.63, 3.8) is 0 Å². The third-order valence-corrected chi connectivity index (χ3v) is 5.80. The standard InChI is InChI=1S/C20H25ClN2O3S/c1-5-15-10-7-9-14(3)19(15)22-20(24)18(6-2)23(27(4,25)26)17-12-8-11-16(21)13-17/h7-13,18H,5-6H2,1-4H3,(H,22,24)/t18-/m0/s1. The minimum atomic E-state index is -3.70. The van der Waals surface area contributed by atoms with Gasteiger partial charge in [-0.1, -0.05) is 49.7 Å². The molecule has 0 spiro atoms. The summed E-state index contributed by atoms with van der Waals surface area (Å²) in [6, 6.07) is 11.4. The molecule has 0 saturated carbocycles. The van der Waals surface area contributed by atoms with Crippen LogP contribution in [0, 0.1) is 6.92 Å². The molecule has 1 amide bonds. The SMILES string of the molecule is CCc1cccc(C)c1NC(=O)[C@H](CC)N(c1cccc(Cl)c1)S(C)(=O)=O. The Labute approximate surface area is 166 Å². The van der Waals surface area contributed by atoms with Gasteiger partial charge in [0.25, 0.3) is 0 Å².